The van der Waals surface area contributed by atoms with Crippen LogP contribution in [0.2, 0.25) is 0 Å². The number of hydrogen-bond acceptors (Lipinski definition) is 3. The van der Waals surface area contributed by atoms with E-state index in [1.807, 2.05) is 0 Å². The molecule has 0 unspecified atom stereocenters. The minimum Gasteiger partial charge on any atom is -0.468 e. The molecule has 0 saturated heterocycles. The van der Waals surface area contributed by atoms with E-state index < -0.39 is 0 Å². The van der Waals surface area contributed by atoms with Crippen LogP contribution in [0.4, 0.5) is 0 Å². The van der Waals surface area contributed by atoms with Gasteiger partial charge in [-0.1, -0.05) is 0 Å². The van der Waals surface area contributed by atoms with Crippen LogP contribution in [0.5, 0.6) is 0 Å². The molecule has 0 aromatic heterocycles. The summed E-state index contributed by atoms with van der Waals surface area (Å²) in [7, 11) is 1.43. The second kappa shape index (κ2) is 3.11. The van der Waals surface area contributed by atoms with Crippen molar-refractivity contribution in [3.63, 3.8) is 0 Å². The fourth-order valence-electron chi connectivity index (χ4n) is 0.480. The molecule has 1 aliphatic rings. The average molecular weight is 146 g/mol. The van der Waals surface area contributed by atoms with Gasteiger partial charge < -0.3 is 4.74 Å². The van der Waals surface area contributed by atoms with Crippen LogP contribution in [0.25, 0.3) is 0 Å². The van der Waals surface area contributed by atoms with Crippen molar-refractivity contribution in [1.29, 1.82) is 0 Å². The number of hydrogen-bond donors (Lipinski definition) is 0. The van der Waals surface area contributed by atoms with Gasteiger partial charge >= 0.3 is 5.97 Å². The van der Waals surface area contributed by atoms with E-state index in [0.29, 0.717) is 5.75 Å². The molecule has 0 aliphatic heterocycles. The van der Waals surface area contributed by atoms with E-state index in [0.717, 1.165) is 5.25 Å². The van der Waals surface area contributed by atoms with Crippen LogP contribution in [0, 0.1) is 0 Å². The van der Waals surface area contributed by atoms with E-state index in [9.17, 15) is 4.79 Å². The summed E-state index contributed by atoms with van der Waals surface area (Å²) in [5.41, 5.74) is 0. The Kier molecular flexibility index (Phi) is 2.39. The molecule has 1 rings (SSSR count). The van der Waals surface area contributed by atoms with Crippen LogP contribution in [0.3, 0.4) is 0 Å². The molecule has 0 amide bonds. The van der Waals surface area contributed by atoms with E-state index in [4.69, 9.17) is 0 Å². The summed E-state index contributed by atoms with van der Waals surface area (Å²) in [6, 6.07) is 0. The molecule has 3 heteroatoms. The molecule has 1 aliphatic carbocycles. The molecule has 0 heterocycles. The topological polar surface area (TPSA) is 26.3 Å². The molecule has 1 fully saturated rings. The maximum atomic E-state index is 10.5. The largest absolute Gasteiger partial charge is 0.468 e. The second-order valence-electron chi connectivity index (χ2n) is 2.09. The summed E-state index contributed by atoms with van der Waals surface area (Å²) in [6.45, 7) is 0. The van der Waals surface area contributed by atoms with Crippen molar-refractivity contribution < 1.29 is 9.53 Å². The van der Waals surface area contributed by atoms with Crippen LogP contribution < -0.4 is 0 Å². The summed E-state index contributed by atoms with van der Waals surface area (Å²) in [5.74, 6) is 0.424. The summed E-state index contributed by atoms with van der Waals surface area (Å²) in [6.07, 6.45) is 2.56. The zero-order valence-electron chi connectivity index (χ0n) is 5.42. The SMILES string of the molecule is COC(=O)CSC1CC1. The molecule has 0 spiro atoms. The third-order valence-corrected chi connectivity index (χ3v) is 2.53. The summed E-state index contributed by atoms with van der Waals surface area (Å²) in [4.78, 5) is 10.5. The Morgan fingerprint density at radius 1 is 1.78 bits per heavy atom. The zero-order valence-corrected chi connectivity index (χ0v) is 6.24. The molecule has 0 aromatic carbocycles. The maximum absolute atomic E-state index is 10.5. The van der Waals surface area contributed by atoms with Crippen molar-refractivity contribution in [3.05, 3.63) is 0 Å². The molecular weight excluding hydrogens is 136 g/mol. The number of ether oxygens (including phenoxy) is 1. The van der Waals surface area contributed by atoms with E-state index in [-0.39, 0.29) is 5.97 Å². The van der Waals surface area contributed by atoms with Crippen molar-refractivity contribution in [2.75, 3.05) is 12.9 Å². The van der Waals surface area contributed by atoms with Crippen LogP contribution in [-0.2, 0) is 9.53 Å². The Morgan fingerprint density at radius 2 is 2.44 bits per heavy atom. The van der Waals surface area contributed by atoms with Crippen LogP contribution in [-0.4, -0.2) is 24.1 Å². The third-order valence-electron chi connectivity index (χ3n) is 1.19. The lowest BCUT2D eigenvalue weighted by molar-refractivity contribution is -0.137. The zero-order chi connectivity index (χ0) is 6.69. The Balaban J connectivity index is 1.96. The number of esters is 1. The van der Waals surface area contributed by atoms with Gasteiger partial charge in [0.2, 0.25) is 0 Å². The molecule has 0 radical (unpaired) electrons. The first kappa shape index (κ1) is 6.93. The van der Waals surface area contributed by atoms with Gasteiger partial charge in [0.15, 0.2) is 0 Å². The van der Waals surface area contributed by atoms with E-state index in [1.54, 1.807) is 11.8 Å². The number of methoxy groups -OCH3 is 1. The molecule has 0 N–H and O–H groups in total. The van der Waals surface area contributed by atoms with Crippen molar-refractivity contribution in [3.8, 4) is 0 Å². The highest BCUT2D eigenvalue weighted by Gasteiger charge is 2.22. The summed E-state index contributed by atoms with van der Waals surface area (Å²) < 4.78 is 4.47. The molecule has 0 bridgehead atoms. The van der Waals surface area contributed by atoms with Gasteiger partial charge in [0, 0.05) is 5.25 Å². The monoisotopic (exact) mass is 146 g/mol. The van der Waals surface area contributed by atoms with Crippen molar-refractivity contribution in [2.45, 2.75) is 18.1 Å². The van der Waals surface area contributed by atoms with Gasteiger partial charge in [-0.05, 0) is 12.8 Å². The van der Waals surface area contributed by atoms with Crippen LogP contribution >= 0.6 is 11.8 Å². The van der Waals surface area contributed by atoms with Crippen molar-refractivity contribution in [1.82, 2.24) is 0 Å². The highest BCUT2D eigenvalue weighted by atomic mass is 32.2. The number of rotatable bonds is 3. The lowest BCUT2D eigenvalue weighted by atomic mass is 10.8. The Bertz CT molecular complexity index is 110. The molecule has 9 heavy (non-hydrogen) atoms. The Hall–Kier alpha value is -0.180. The van der Waals surface area contributed by atoms with Gasteiger partial charge in [-0.2, -0.15) is 0 Å². The first-order valence-corrected chi connectivity index (χ1v) is 4.06. The molecule has 0 aromatic rings. The second-order valence-corrected chi connectivity index (χ2v) is 3.38. The van der Waals surface area contributed by atoms with Crippen LogP contribution in [0.15, 0.2) is 0 Å². The van der Waals surface area contributed by atoms with Gasteiger partial charge in [0.05, 0.1) is 12.9 Å². The van der Waals surface area contributed by atoms with Gasteiger partial charge in [-0.25, -0.2) is 0 Å². The molecule has 52 valence electrons. The minimum atomic E-state index is -0.105. The average Bonchev–Trinajstić information content (AvgIpc) is 2.65. The van der Waals surface area contributed by atoms with Gasteiger partial charge in [-0.3, -0.25) is 4.79 Å². The van der Waals surface area contributed by atoms with E-state index in [1.165, 1.54) is 20.0 Å². The van der Waals surface area contributed by atoms with Crippen molar-refractivity contribution >= 4 is 17.7 Å². The quantitative estimate of drug-likeness (QED) is 0.557. The lowest BCUT2D eigenvalue weighted by Crippen LogP contribution is -2.03. The first-order chi connectivity index (χ1) is 4.33. The fraction of sp³-hybridized carbons (Fsp3) is 0.833. The summed E-state index contributed by atoms with van der Waals surface area (Å²) >= 11 is 1.70. The molecule has 1 saturated carbocycles. The smallest absolute Gasteiger partial charge is 0.315 e. The Labute approximate surface area is 59.0 Å². The van der Waals surface area contributed by atoms with Gasteiger partial charge in [0.1, 0.15) is 0 Å². The molecule has 0 atom stereocenters. The third kappa shape index (κ3) is 2.75. The highest BCUT2D eigenvalue weighted by molar-refractivity contribution is 8.00. The first-order valence-electron chi connectivity index (χ1n) is 3.01. The number of carbonyl (C=O) groups is 1. The minimum absolute atomic E-state index is 0.105. The molecule has 2 nitrogen and oxygen atoms in total. The predicted molar refractivity (Wildman–Crippen MR) is 37.5 cm³/mol. The van der Waals surface area contributed by atoms with E-state index >= 15 is 0 Å². The number of thioether (sulfide) groups is 1. The normalized spacial score (nSPS) is 17.4. The van der Waals surface area contributed by atoms with Crippen molar-refractivity contribution in [2.24, 2.45) is 0 Å². The maximum Gasteiger partial charge on any atom is 0.315 e. The standard InChI is InChI=1S/C6H10O2S/c1-8-6(7)4-9-5-2-3-5/h5H,2-4H2,1H3. The highest BCUT2D eigenvalue weighted by Crippen LogP contribution is 2.33. The summed E-state index contributed by atoms with van der Waals surface area (Å²) in [5, 5.41) is 0.754. The van der Waals surface area contributed by atoms with Gasteiger partial charge in [0.25, 0.3) is 0 Å². The number of carbonyl (C=O) groups excluding carboxylic acids is 1. The molecular formula is C6H10O2S. The fourth-order valence-corrected chi connectivity index (χ4v) is 1.44. The lowest BCUT2D eigenvalue weighted by Gasteiger charge is -1.95. The Morgan fingerprint density at radius 3 is 2.89 bits per heavy atom. The van der Waals surface area contributed by atoms with Gasteiger partial charge in [-0.15, -0.1) is 11.8 Å². The predicted octanol–water partition coefficient (Wildman–Crippen LogP) is 1.05. The van der Waals surface area contributed by atoms with E-state index in [2.05, 4.69) is 4.74 Å². The van der Waals surface area contributed by atoms with Crippen LogP contribution in [0.1, 0.15) is 12.8 Å².